The van der Waals surface area contributed by atoms with Gasteiger partial charge in [-0.3, -0.25) is 29.0 Å². The van der Waals surface area contributed by atoms with Crippen LogP contribution >= 0.6 is 0 Å². The molecule has 0 saturated carbocycles. The average molecular weight is 446 g/mol. The second-order valence-corrected chi connectivity index (χ2v) is 6.48. The third kappa shape index (κ3) is 12.7. The van der Waals surface area contributed by atoms with Gasteiger partial charge in [0.15, 0.2) is 5.96 Å². The standard InChI is InChI=1S/C16H30N8O7/c17-8(7-25)13(29)23-10(3-4-11(18)26)15(31)24-9(2-1-5-21-16(19)20)14(30)22-6-12(27)28/h8-10,25H,1-7,17H2,(H2,18,26)(H,22,30)(H,23,29)(H,24,31)(H,27,28)(H4,19,20,21). The zero-order chi connectivity index (χ0) is 24.0. The van der Waals surface area contributed by atoms with E-state index >= 15 is 0 Å². The lowest BCUT2D eigenvalue weighted by atomic mass is 10.1. The quantitative estimate of drug-likeness (QED) is 0.0654. The summed E-state index contributed by atoms with van der Waals surface area (Å²) in [6.45, 7) is -1.21. The Morgan fingerprint density at radius 3 is 2.00 bits per heavy atom. The number of carbonyl (C=O) groups excluding carboxylic acids is 4. The molecular weight excluding hydrogens is 416 g/mol. The number of aliphatic hydroxyl groups excluding tert-OH is 1. The fourth-order valence-electron chi connectivity index (χ4n) is 2.25. The molecule has 13 N–H and O–H groups in total. The molecule has 15 nitrogen and oxygen atoms in total. The van der Waals surface area contributed by atoms with Crippen LogP contribution in [0.15, 0.2) is 4.99 Å². The highest BCUT2D eigenvalue weighted by molar-refractivity contribution is 5.94. The van der Waals surface area contributed by atoms with E-state index in [0.717, 1.165) is 0 Å². The molecular formula is C16H30N8O7. The van der Waals surface area contributed by atoms with Gasteiger partial charge in [0.25, 0.3) is 0 Å². The third-order valence-corrected chi connectivity index (χ3v) is 3.84. The molecule has 0 fully saturated rings. The van der Waals surface area contributed by atoms with Crippen molar-refractivity contribution in [2.24, 2.45) is 27.9 Å². The SMILES string of the molecule is NC(=O)CCC(NC(=O)C(N)CO)C(=O)NC(CCCN=C(N)N)C(=O)NCC(=O)O. The van der Waals surface area contributed by atoms with Crippen LogP contribution in [0, 0.1) is 0 Å². The molecule has 0 rings (SSSR count). The van der Waals surface area contributed by atoms with Crippen molar-refractivity contribution in [2.45, 2.75) is 43.8 Å². The van der Waals surface area contributed by atoms with E-state index in [2.05, 4.69) is 20.9 Å². The van der Waals surface area contributed by atoms with E-state index < -0.39 is 60.9 Å². The molecule has 0 aromatic rings. The Balaban J connectivity index is 5.31. The van der Waals surface area contributed by atoms with Crippen LogP contribution in [0.4, 0.5) is 0 Å². The molecule has 3 unspecified atom stereocenters. The summed E-state index contributed by atoms with van der Waals surface area (Å²) >= 11 is 0. The highest BCUT2D eigenvalue weighted by Crippen LogP contribution is 2.03. The molecule has 4 amide bonds. The molecule has 0 radical (unpaired) electrons. The molecule has 0 bridgehead atoms. The Labute approximate surface area is 178 Å². The minimum atomic E-state index is -1.31. The molecule has 0 aromatic heterocycles. The molecule has 0 aromatic carbocycles. The predicted molar refractivity (Wildman–Crippen MR) is 108 cm³/mol. The molecule has 3 atom stereocenters. The Hall–Kier alpha value is -3.46. The van der Waals surface area contributed by atoms with Crippen LogP contribution in [0.3, 0.4) is 0 Å². The number of carboxylic acid groups (broad SMARTS) is 1. The molecule has 176 valence electrons. The van der Waals surface area contributed by atoms with E-state index in [4.69, 9.17) is 33.1 Å². The number of guanidine groups is 1. The summed E-state index contributed by atoms with van der Waals surface area (Å²) in [4.78, 5) is 62.4. The number of rotatable bonds is 15. The number of aliphatic imine (C=N–C) groups is 1. The van der Waals surface area contributed by atoms with Crippen molar-refractivity contribution in [1.29, 1.82) is 0 Å². The van der Waals surface area contributed by atoms with Crippen LogP contribution in [0.25, 0.3) is 0 Å². The van der Waals surface area contributed by atoms with E-state index in [1.807, 2.05) is 0 Å². The van der Waals surface area contributed by atoms with Gasteiger partial charge in [-0.25, -0.2) is 0 Å². The van der Waals surface area contributed by atoms with Gasteiger partial charge in [-0.15, -0.1) is 0 Å². The molecule has 0 spiro atoms. The van der Waals surface area contributed by atoms with Gasteiger partial charge in [-0.05, 0) is 19.3 Å². The summed E-state index contributed by atoms with van der Waals surface area (Å²) < 4.78 is 0. The zero-order valence-corrected chi connectivity index (χ0v) is 16.9. The number of hydrogen-bond acceptors (Lipinski definition) is 8. The first kappa shape index (κ1) is 27.5. The Bertz CT molecular complexity index is 681. The first-order valence-electron chi connectivity index (χ1n) is 9.28. The lowest BCUT2D eigenvalue weighted by Gasteiger charge is -2.23. The first-order chi connectivity index (χ1) is 14.5. The number of hydrogen-bond donors (Lipinski definition) is 9. The summed E-state index contributed by atoms with van der Waals surface area (Å²) in [5.74, 6) is -4.66. The number of amides is 4. The lowest BCUT2D eigenvalue weighted by Crippen LogP contribution is -2.56. The molecule has 15 heteroatoms. The van der Waals surface area contributed by atoms with Gasteiger partial charge in [0, 0.05) is 13.0 Å². The smallest absolute Gasteiger partial charge is 0.322 e. The zero-order valence-electron chi connectivity index (χ0n) is 16.9. The fourth-order valence-corrected chi connectivity index (χ4v) is 2.25. The van der Waals surface area contributed by atoms with Crippen LogP contribution in [-0.2, 0) is 24.0 Å². The summed E-state index contributed by atoms with van der Waals surface area (Å²) in [5.41, 5.74) is 20.9. The number of nitrogens with two attached hydrogens (primary N) is 4. The third-order valence-electron chi connectivity index (χ3n) is 3.84. The molecule has 0 aliphatic carbocycles. The highest BCUT2D eigenvalue weighted by Gasteiger charge is 2.28. The number of carbonyl (C=O) groups is 5. The number of aliphatic hydroxyl groups is 1. The lowest BCUT2D eigenvalue weighted by molar-refractivity contribution is -0.138. The number of primary amides is 1. The largest absolute Gasteiger partial charge is 0.480 e. The van der Waals surface area contributed by atoms with Gasteiger partial charge in [0.2, 0.25) is 23.6 Å². The average Bonchev–Trinajstić information content (AvgIpc) is 2.69. The highest BCUT2D eigenvalue weighted by atomic mass is 16.4. The maximum absolute atomic E-state index is 12.7. The van der Waals surface area contributed by atoms with Crippen molar-refractivity contribution in [1.82, 2.24) is 16.0 Å². The summed E-state index contributed by atoms with van der Waals surface area (Å²) in [6, 6.07) is -3.77. The number of nitrogens with one attached hydrogen (secondary N) is 3. The van der Waals surface area contributed by atoms with Crippen LogP contribution in [0.5, 0.6) is 0 Å². The van der Waals surface area contributed by atoms with Crippen molar-refractivity contribution in [3.8, 4) is 0 Å². The van der Waals surface area contributed by atoms with Gasteiger partial charge in [-0.2, -0.15) is 0 Å². The summed E-state index contributed by atoms with van der Waals surface area (Å²) in [5, 5.41) is 24.5. The van der Waals surface area contributed by atoms with Crippen molar-refractivity contribution in [3.05, 3.63) is 0 Å². The van der Waals surface area contributed by atoms with Crippen molar-refractivity contribution < 1.29 is 34.2 Å². The number of nitrogens with zero attached hydrogens (tertiary/aromatic N) is 1. The Morgan fingerprint density at radius 2 is 1.48 bits per heavy atom. The van der Waals surface area contributed by atoms with E-state index in [1.165, 1.54) is 0 Å². The van der Waals surface area contributed by atoms with E-state index in [0.29, 0.717) is 0 Å². The summed E-state index contributed by atoms with van der Waals surface area (Å²) in [6.07, 6.45) is -0.146. The molecule has 0 aliphatic heterocycles. The minimum absolute atomic E-state index is 0.0423. The number of aliphatic carboxylic acids is 1. The summed E-state index contributed by atoms with van der Waals surface area (Å²) in [7, 11) is 0. The van der Waals surface area contributed by atoms with Crippen LogP contribution in [0.1, 0.15) is 25.7 Å². The minimum Gasteiger partial charge on any atom is -0.480 e. The number of carboxylic acids is 1. The van der Waals surface area contributed by atoms with Gasteiger partial charge in [0.05, 0.1) is 6.61 Å². The van der Waals surface area contributed by atoms with Crippen molar-refractivity contribution >= 4 is 35.6 Å². The Morgan fingerprint density at radius 1 is 0.903 bits per heavy atom. The molecule has 0 saturated heterocycles. The normalized spacial score (nSPS) is 13.2. The van der Waals surface area contributed by atoms with Gasteiger partial charge in [-0.1, -0.05) is 0 Å². The molecule has 0 aliphatic rings. The van der Waals surface area contributed by atoms with Gasteiger partial charge < -0.3 is 49.1 Å². The van der Waals surface area contributed by atoms with Crippen LogP contribution in [-0.4, -0.2) is 83.6 Å². The van der Waals surface area contributed by atoms with E-state index in [9.17, 15) is 24.0 Å². The predicted octanol–water partition coefficient (Wildman–Crippen LogP) is -5.20. The maximum atomic E-state index is 12.7. The van der Waals surface area contributed by atoms with E-state index in [-0.39, 0.29) is 38.2 Å². The van der Waals surface area contributed by atoms with Crippen molar-refractivity contribution in [2.75, 3.05) is 19.7 Å². The topological polar surface area (TPSA) is 278 Å². The monoisotopic (exact) mass is 446 g/mol. The first-order valence-corrected chi connectivity index (χ1v) is 9.28. The van der Waals surface area contributed by atoms with E-state index in [1.54, 1.807) is 0 Å². The maximum Gasteiger partial charge on any atom is 0.322 e. The second-order valence-electron chi connectivity index (χ2n) is 6.48. The second kappa shape index (κ2) is 14.5. The fraction of sp³-hybridized carbons (Fsp3) is 0.625. The van der Waals surface area contributed by atoms with Crippen LogP contribution in [0.2, 0.25) is 0 Å². The van der Waals surface area contributed by atoms with Gasteiger partial charge in [0.1, 0.15) is 24.7 Å². The Kier molecular flexibility index (Phi) is 12.9. The van der Waals surface area contributed by atoms with Crippen LogP contribution < -0.4 is 38.9 Å². The van der Waals surface area contributed by atoms with Gasteiger partial charge >= 0.3 is 5.97 Å². The molecule has 0 heterocycles. The van der Waals surface area contributed by atoms with Crippen molar-refractivity contribution in [3.63, 3.8) is 0 Å². The molecule has 31 heavy (non-hydrogen) atoms.